The number of nitro groups is 1. The average Bonchev–Trinajstić information content (AvgIpc) is 3.28. The first-order valence-electron chi connectivity index (χ1n) is 9.07. The Bertz CT molecular complexity index is 852. The third kappa shape index (κ3) is 4.84. The van der Waals surface area contributed by atoms with Crippen LogP contribution in [0.2, 0.25) is 0 Å². The molecule has 0 radical (unpaired) electrons. The molecule has 1 aliphatic heterocycles. The highest BCUT2D eigenvalue weighted by Gasteiger charge is 2.27. The zero-order valence-corrected chi connectivity index (χ0v) is 17.1. The van der Waals surface area contributed by atoms with E-state index in [1.807, 2.05) is 16.8 Å². The van der Waals surface area contributed by atoms with Crippen LogP contribution in [0.1, 0.15) is 22.0 Å². The molecule has 1 aliphatic rings. The molecule has 1 aromatic carbocycles. The van der Waals surface area contributed by atoms with E-state index in [9.17, 15) is 14.9 Å². The third-order valence-electron chi connectivity index (χ3n) is 4.81. The summed E-state index contributed by atoms with van der Waals surface area (Å²) in [6, 6.07) is 4.52. The van der Waals surface area contributed by atoms with Gasteiger partial charge >= 0.3 is 0 Å². The van der Waals surface area contributed by atoms with E-state index in [1.165, 1.54) is 26.4 Å². The van der Waals surface area contributed by atoms with Gasteiger partial charge in [0.1, 0.15) is 5.56 Å². The second-order valence-corrected chi connectivity index (χ2v) is 7.19. The van der Waals surface area contributed by atoms with Gasteiger partial charge < -0.3 is 19.5 Å². The van der Waals surface area contributed by atoms with E-state index < -0.39 is 10.8 Å². The van der Waals surface area contributed by atoms with Crippen molar-refractivity contribution in [1.82, 2.24) is 10.2 Å². The molecule has 1 fully saturated rings. The van der Waals surface area contributed by atoms with Gasteiger partial charge in [0.15, 0.2) is 11.5 Å². The third-order valence-corrected chi connectivity index (χ3v) is 5.52. The number of carbonyl (C=O) groups excluding carboxylic acids is 1. The van der Waals surface area contributed by atoms with E-state index in [1.54, 1.807) is 11.3 Å². The zero-order valence-electron chi connectivity index (χ0n) is 16.3. The van der Waals surface area contributed by atoms with Gasteiger partial charge in [-0.15, -0.1) is 0 Å². The topological polar surface area (TPSA) is 103 Å². The fourth-order valence-electron chi connectivity index (χ4n) is 3.30. The Balaban J connectivity index is 1.82. The molecule has 2 heterocycles. The lowest BCUT2D eigenvalue weighted by atomic mass is 10.1. The number of rotatable bonds is 8. The van der Waals surface area contributed by atoms with Crippen molar-refractivity contribution in [3.8, 4) is 11.5 Å². The fraction of sp³-hybridized carbons (Fsp3) is 0.421. The number of amides is 1. The van der Waals surface area contributed by atoms with Crippen LogP contribution < -0.4 is 14.8 Å². The maximum absolute atomic E-state index is 12.8. The molecule has 0 spiro atoms. The van der Waals surface area contributed by atoms with Gasteiger partial charge in [0.25, 0.3) is 11.6 Å². The lowest BCUT2D eigenvalue weighted by Gasteiger charge is -2.34. The van der Waals surface area contributed by atoms with Gasteiger partial charge in [-0.05, 0) is 22.4 Å². The molecule has 0 aliphatic carbocycles. The van der Waals surface area contributed by atoms with Crippen LogP contribution in [0.25, 0.3) is 0 Å². The minimum Gasteiger partial charge on any atom is -0.493 e. The number of nitro benzene ring substituents is 1. The Morgan fingerprint density at radius 1 is 1.31 bits per heavy atom. The molecule has 29 heavy (non-hydrogen) atoms. The van der Waals surface area contributed by atoms with E-state index in [2.05, 4.69) is 10.2 Å². The molecule has 1 amide bonds. The molecule has 1 saturated heterocycles. The molecule has 0 saturated carbocycles. The van der Waals surface area contributed by atoms with E-state index in [0.29, 0.717) is 19.8 Å². The van der Waals surface area contributed by atoms with Crippen LogP contribution in [0.5, 0.6) is 11.5 Å². The summed E-state index contributed by atoms with van der Waals surface area (Å²) < 4.78 is 15.7. The van der Waals surface area contributed by atoms with Gasteiger partial charge in [-0.2, -0.15) is 11.3 Å². The molecular formula is C19H23N3O6S. The standard InChI is InChI=1S/C19H23N3O6S/c1-26-17-9-14(15(22(24)25)10-18(17)27-2)19(23)20-11-16(13-3-8-29-12-13)21-4-6-28-7-5-21/h3,8-10,12,16H,4-7,11H2,1-2H3,(H,20,23). The van der Waals surface area contributed by atoms with Crippen LogP contribution >= 0.6 is 11.3 Å². The van der Waals surface area contributed by atoms with Crippen molar-refractivity contribution in [3.05, 3.63) is 50.2 Å². The SMILES string of the molecule is COc1cc(C(=O)NCC(c2ccsc2)N2CCOCC2)c([N+](=O)[O-])cc1OC. The Kier molecular flexibility index (Phi) is 7.02. The highest BCUT2D eigenvalue weighted by Crippen LogP contribution is 2.34. The molecule has 3 rings (SSSR count). The van der Waals surface area contributed by atoms with Gasteiger partial charge in [0.05, 0.1) is 44.5 Å². The lowest BCUT2D eigenvalue weighted by molar-refractivity contribution is -0.385. The number of hydrogen-bond acceptors (Lipinski definition) is 8. The second kappa shape index (κ2) is 9.68. The predicted molar refractivity (Wildman–Crippen MR) is 108 cm³/mol. The van der Waals surface area contributed by atoms with E-state index in [0.717, 1.165) is 18.7 Å². The molecule has 1 atom stereocenters. The van der Waals surface area contributed by atoms with Crippen molar-refractivity contribution in [2.24, 2.45) is 0 Å². The number of carbonyl (C=O) groups is 1. The van der Waals surface area contributed by atoms with Crippen molar-refractivity contribution < 1.29 is 23.9 Å². The summed E-state index contributed by atoms with van der Waals surface area (Å²) in [6.45, 7) is 3.10. The first kappa shape index (κ1) is 21.0. The maximum atomic E-state index is 12.8. The zero-order chi connectivity index (χ0) is 20.8. The Morgan fingerprint density at radius 2 is 2.00 bits per heavy atom. The monoisotopic (exact) mass is 421 g/mol. The average molecular weight is 421 g/mol. The van der Waals surface area contributed by atoms with Crippen molar-refractivity contribution in [2.75, 3.05) is 47.1 Å². The van der Waals surface area contributed by atoms with Gasteiger partial charge in [-0.1, -0.05) is 0 Å². The highest BCUT2D eigenvalue weighted by atomic mass is 32.1. The van der Waals surface area contributed by atoms with E-state index >= 15 is 0 Å². The van der Waals surface area contributed by atoms with Crippen LogP contribution in [0.4, 0.5) is 5.69 Å². The Hall–Kier alpha value is -2.69. The number of ether oxygens (including phenoxy) is 3. The van der Waals surface area contributed by atoms with Gasteiger partial charge in [0.2, 0.25) is 0 Å². The summed E-state index contributed by atoms with van der Waals surface area (Å²) in [6.07, 6.45) is 0. The minimum atomic E-state index is -0.602. The quantitative estimate of drug-likeness (QED) is 0.516. The molecular weight excluding hydrogens is 398 g/mol. The normalized spacial score (nSPS) is 15.5. The van der Waals surface area contributed by atoms with Gasteiger partial charge in [-0.3, -0.25) is 19.8 Å². The molecule has 0 bridgehead atoms. The summed E-state index contributed by atoms with van der Waals surface area (Å²) in [5, 5.41) is 18.4. The lowest BCUT2D eigenvalue weighted by Crippen LogP contribution is -2.43. The van der Waals surface area contributed by atoms with Crippen LogP contribution in [0, 0.1) is 10.1 Å². The first-order valence-corrected chi connectivity index (χ1v) is 10.0. The van der Waals surface area contributed by atoms with Gasteiger partial charge in [-0.25, -0.2) is 0 Å². The van der Waals surface area contributed by atoms with Crippen molar-refractivity contribution in [1.29, 1.82) is 0 Å². The number of methoxy groups -OCH3 is 2. The van der Waals surface area contributed by atoms with Crippen LogP contribution in [0.15, 0.2) is 29.0 Å². The first-order chi connectivity index (χ1) is 14.0. The number of nitrogens with one attached hydrogen (secondary N) is 1. The molecule has 1 aromatic heterocycles. The molecule has 156 valence electrons. The van der Waals surface area contributed by atoms with Crippen LogP contribution in [-0.4, -0.2) is 62.8 Å². The van der Waals surface area contributed by atoms with Crippen molar-refractivity contribution in [2.45, 2.75) is 6.04 Å². The van der Waals surface area contributed by atoms with E-state index in [4.69, 9.17) is 14.2 Å². The summed E-state index contributed by atoms with van der Waals surface area (Å²) in [7, 11) is 2.80. The number of benzene rings is 1. The van der Waals surface area contributed by atoms with Crippen LogP contribution in [0.3, 0.4) is 0 Å². The minimum absolute atomic E-state index is 0.0340. The number of nitrogens with zero attached hydrogens (tertiary/aromatic N) is 2. The smallest absolute Gasteiger partial charge is 0.286 e. The summed E-state index contributed by atoms with van der Waals surface area (Å²) >= 11 is 1.59. The molecule has 1 unspecified atom stereocenters. The Labute approximate surface area is 172 Å². The van der Waals surface area contributed by atoms with Crippen LogP contribution in [-0.2, 0) is 4.74 Å². The second-order valence-electron chi connectivity index (χ2n) is 6.41. The fourth-order valence-corrected chi connectivity index (χ4v) is 4.00. The van der Waals surface area contributed by atoms with Gasteiger partial charge in [0, 0.05) is 25.7 Å². The largest absolute Gasteiger partial charge is 0.493 e. The summed E-state index contributed by atoms with van der Waals surface area (Å²) in [4.78, 5) is 26.0. The molecule has 1 N–H and O–H groups in total. The molecule has 2 aromatic rings. The number of morpholine rings is 1. The number of thiophene rings is 1. The number of hydrogen-bond donors (Lipinski definition) is 1. The van der Waals surface area contributed by atoms with E-state index in [-0.39, 0.29) is 28.8 Å². The maximum Gasteiger partial charge on any atom is 0.286 e. The summed E-state index contributed by atoms with van der Waals surface area (Å²) in [5.41, 5.74) is 0.691. The highest BCUT2D eigenvalue weighted by molar-refractivity contribution is 7.07. The van der Waals surface area contributed by atoms with Crippen molar-refractivity contribution >= 4 is 22.9 Å². The summed E-state index contributed by atoms with van der Waals surface area (Å²) in [5.74, 6) is -0.0860. The van der Waals surface area contributed by atoms with Crippen molar-refractivity contribution in [3.63, 3.8) is 0 Å². The Morgan fingerprint density at radius 3 is 2.59 bits per heavy atom. The predicted octanol–water partition coefficient (Wildman–Crippen LogP) is 2.48. The molecule has 10 heteroatoms. The molecule has 9 nitrogen and oxygen atoms in total.